The predicted molar refractivity (Wildman–Crippen MR) is 79.6 cm³/mol. The van der Waals surface area contributed by atoms with E-state index in [1.54, 1.807) is 13.0 Å². The molecule has 1 aromatic rings. The van der Waals surface area contributed by atoms with Crippen LogP contribution in [-0.2, 0) is 11.2 Å². The predicted octanol–water partition coefficient (Wildman–Crippen LogP) is 2.09. The molecule has 3 N–H and O–H groups in total. The molecule has 0 spiro atoms. The first-order valence-corrected chi connectivity index (χ1v) is 7.06. The fraction of sp³-hybridized carbons (Fsp3) is 0.438. The molecular formula is C16H22N2O2. The van der Waals surface area contributed by atoms with Crippen LogP contribution < -0.4 is 15.8 Å². The molecule has 1 aliphatic rings. The van der Waals surface area contributed by atoms with E-state index in [4.69, 9.17) is 10.5 Å². The Morgan fingerprint density at radius 2 is 2.45 bits per heavy atom. The highest BCUT2D eigenvalue weighted by molar-refractivity contribution is 5.80. The van der Waals surface area contributed by atoms with Gasteiger partial charge in [-0.1, -0.05) is 18.2 Å². The topological polar surface area (TPSA) is 64.3 Å². The second-order valence-corrected chi connectivity index (χ2v) is 5.12. The third-order valence-corrected chi connectivity index (χ3v) is 3.60. The molecule has 0 saturated carbocycles. The number of ether oxygens (including phenoxy) is 1. The number of benzene rings is 1. The number of nitrogens with one attached hydrogen (secondary N) is 1. The molecule has 0 radical (unpaired) electrons. The Hall–Kier alpha value is -1.81. The summed E-state index contributed by atoms with van der Waals surface area (Å²) < 4.78 is 5.82. The van der Waals surface area contributed by atoms with Gasteiger partial charge < -0.3 is 15.8 Å². The van der Waals surface area contributed by atoms with Gasteiger partial charge in [0.15, 0.2) is 6.10 Å². The van der Waals surface area contributed by atoms with Crippen molar-refractivity contribution in [3.8, 4) is 5.75 Å². The molecule has 2 unspecified atom stereocenters. The van der Waals surface area contributed by atoms with E-state index in [1.165, 1.54) is 0 Å². The normalized spacial score (nSPS) is 18.8. The molecule has 0 saturated heterocycles. The molecule has 108 valence electrons. The summed E-state index contributed by atoms with van der Waals surface area (Å²) in [6.07, 6.45) is 4.14. The van der Waals surface area contributed by atoms with Gasteiger partial charge in [0, 0.05) is 12.6 Å². The second-order valence-electron chi connectivity index (χ2n) is 5.12. The molecule has 4 nitrogen and oxygen atoms in total. The van der Waals surface area contributed by atoms with Crippen molar-refractivity contribution in [3.05, 3.63) is 42.0 Å². The Kier molecular flexibility index (Phi) is 4.79. The highest BCUT2D eigenvalue weighted by atomic mass is 16.5. The lowest BCUT2D eigenvalue weighted by Gasteiger charge is -2.25. The maximum atomic E-state index is 11.8. The summed E-state index contributed by atoms with van der Waals surface area (Å²) in [5.41, 5.74) is 8.42. The van der Waals surface area contributed by atoms with Gasteiger partial charge in [0.25, 0.3) is 5.91 Å². The molecule has 20 heavy (non-hydrogen) atoms. The van der Waals surface area contributed by atoms with Crippen LogP contribution in [0, 0.1) is 0 Å². The highest BCUT2D eigenvalue weighted by Gasteiger charge is 2.22. The van der Waals surface area contributed by atoms with Gasteiger partial charge in [0.2, 0.25) is 0 Å². The van der Waals surface area contributed by atoms with Crippen molar-refractivity contribution >= 4 is 5.91 Å². The lowest BCUT2D eigenvalue weighted by Crippen LogP contribution is -2.36. The van der Waals surface area contributed by atoms with E-state index in [0.29, 0.717) is 6.54 Å². The van der Waals surface area contributed by atoms with E-state index in [1.807, 2.05) is 12.1 Å². The van der Waals surface area contributed by atoms with E-state index >= 15 is 0 Å². The number of hydrogen-bond acceptors (Lipinski definition) is 3. The molecule has 1 aliphatic carbocycles. The van der Waals surface area contributed by atoms with Gasteiger partial charge in [-0.15, -0.1) is 6.58 Å². The second kappa shape index (κ2) is 6.57. The van der Waals surface area contributed by atoms with Crippen molar-refractivity contribution in [3.63, 3.8) is 0 Å². The average molecular weight is 274 g/mol. The quantitative estimate of drug-likeness (QED) is 0.808. The monoisotopic (exact) mass is 274 g/mol. The third-order valence-electron chi connectivity index (χ3n) is 3.60. The van der Waals surface area contributed by atoms with Crippen molar-refractivity contribution in [2.75, 3.05) is 6.54 Å². The van der Waals surface area contributed by atoms with Crippen molar-refractivity contribution < 1.29 is 9.53 Å². The van der Waals surface area contributed by atoms with Crippen LogP contribution in [-0.4, -0.2) is 18.6 Å². The smallest absolute Gasteiger partial charge is 0.261 e. The van der Waals surface area contributed by atoms with Crippen LogP contribution in [0.4, 0.5) is 0 Å². The zero-order valence-electron chi connectivity index (χ0n) is 11.9. The molecule has 1 aromatic carbocycles. The largest absolute Gasteiger partial charge is 0.481 e. The summed E-state index contributed by atoms with van der Waals surface area (Å²) in [5, 5.41) is 2.73. The van der Waals surface area contributed by atoms with Crippen LogP contribution in [0.1, 0.15) is 36.9 Å². The van der Waals surface area contributed by atoms with Crippen molar-refractivity contribution in [2.24, 2.45) is 5.73 Å². The SMILES string of the molecule is C=CCNC(=O)C(C)Oc1cccc2c1CCCC2N. The van der Waals surface area contributed by atoms with Crippen LogP contribution in [0.25, 0.3) is 0 Å². The van der Waals surface area contributed by atoms with Gasteiger partial charge >= 0.3 is 0 Å². The number of rotatable bonds is 5. The molecule has 2 atom stereocenters. The standard InChI is InChI=1S/C16H22N2O2/c1-3-10-18-16(19)11(2)20-15-9-5-6-12-13(15)7-4-8-14(12)17/h3,5-6,9,11,14H,1,4,7-8,10,17H2,2H3,(H,18,19). The van der Waals surface area contributed by atoms with Crippen LogP contribution in [0.3, 0.4) is 0 Å². The summed E-state index contributed by atoms with van der Waals surface area (Å²) in [4.78, 5) is 11.8. The molecule has 2 rings (SSSR count). The first kappa shape index (κ1) is 14.6. The third kappa shape index (κ3) is 3.20. The Balaban J connectivity index is 2.12. The van der Waals surface area contributed by atoms with Gasteiger partial charge in [-0.2, -0.15) is 0 Å². The number of fused-ring (bicyclic) bond motifs is 1. The number of hydrogen-bond donors (Lipinski definition) is 2. The van der Waals surface area contributed by atoms with Crippen molar-refractivity contribution in [2.45, 2.75) is 38.3 Å². The fourth-order valence-corrected chi connectivity index (χ4v) is 2.52. The minimum absolute atomic E-state index is 0.0761. The number of nitrogens with two attached hydrogens (primary N) is 1. The van der Waals surface area contributed by atoms with E-state index in [0.717, 1.165) is 36.1 Å². The molecule has 0 fully saturated rings. The minimum Gasteiger partial charge on any atom is -0.481 e. The van der Waals surface area contributed by atoms with Crippen LogP contribution >= 0.6 is 0 Å². The average Bonchev–Trinajstić information content (AvgIpc) is 2.45. The Bertz CT molecular complexity index is 499. The van der Waals surface area contributed by atoms with Gasteiger partial charge in [-0.05, 0) is 43.4 Å². The zero-order valence-corrected chi connectivity index (χ0v) is 11.9. The molecule has 1 amide bonds. The molecule has 4 heteroatoms. The van der Waals surface area contributed by atoms with Crippen LogP contribution in [0.15, 0.2) is 30.9 Å². The number of carbonyl (C=O) groups excluding carboxylic acids is 1. The fourth-order valence-electron chi connectivity index (χ4n) is 2.52. The minimum atomic E-state index is -0.528. The summed E-state index contributed by atoms with van der Waals surface area (Å²) in [7, 11) is 0. The first-order chi connectivity index (χ1) is 9.63. The van der Waals surface area contributed by atoms with E-state index in [9.17, 15) is 4.79 Å². The number of amides is 1. The highest BCUT2D eigenvalue weighted by Crippen LogP contribution is 2.34. The van der Waals surface area contributed by atoms with Crippen LogP contribution in [0.2, 0.25) is 0 Å². The maximum absolute atomic E-state index is 11.8. The maximum Gasteiger partial charge on any atom is 0.261 e. The zero-order chi connectivity index (χ0) is 14.5. The van der Waals surface area contributed by atoms with E-state index < -0.39 is 6.10 Å². The van der Waals surface area contributed by atoms with E-state index in [-0.39, 0.29) is 11.9 Å². The van der Waals surface area contributed by atoms with Crippen molar-refractivity contribution in [1.82, 2.24) is 5.32 Å². The lowest BCUT2D eigenvalue weighted by molar-refractivity contribution is -0.127. The molecule has 0 heterocycles. The van der Waals surface area contributed by atoms with Gasteiger partial charge in [0.05, 0.1) is 0 Å². The van der Waals surface area contributed by atoms with Crippen LogP contribution in [0.5, 0.6) is 5.75 Å². The summed E-state index contributed by atoms with van der Waals surface area (Å²) in [5.74, 6) is 0.640. The lowest BCUT2D eigenvalue weighted by atomic mass is 9.87. The van der Waals surface area contributed by atoms with Gasteiger partial charge in [0.1, 0.15) is 5.75 Å². The molecular weight excluding hydrogens is 252 g/mol. The summed E-state index contributed by atoms with van der Waals surface area (Å²) in [6.45, 7) is 5.77. The first-order valence-electron chi connectivity index (χ1n) is 7.06. The number of carbonyl (C=O) groups is 1. The molecule has 0 bridgehead atoms. The Labute approximate surface area is 120 Å². The Morgan fingerprint density at radius 1 is 1.65 bits per heavy atom. The van der Waals surface area contributed by atoms with E-state index in [2.05, 4.69) is 18.0 Å². The Morgan fingerprint density at radius 3 is 3.20 bits per heavy atom. The van der Waals surface area contributed by atoms with Gasteiger partial charge in [-0.25, -0.2) is 0 Å². The molecule has 0 aromatic heterocycles. The van der Waals surface area contributed by atoms with Gasteiger partial charge in [-0.3, -0.25) is 4.79 Å². The summed E-state index contributed by atoms with van der Waals surface area (Å²) in [6, 6.07) is 5.98. The summed E-state index contributed by atoms with van der Waals surface area (Å²) >= 11 is 0. The van der Waals surface area contributed by atoms with Crippen molar-refractivity contribution in [1.29, 1.82) is 0 Å². The molecule has 0 aliphatic heterocycles.